The highest BCUT2D eigenvalue weighted by Crippen LogP contribution is 2.45. The van der Waals surface area contributed by atoms with Crippen molar-refractivity contribution in [2.75, 3.05) is 39.6 Å². The van der Waals surface area contributed by atoms with Gasteiger partial charge >= 0.3 is 39.5 Å². The number of carbonyl (C=O) groups excluding carboxylic acids is 4. The number of phosphoric acid groups is 2. The van der Waals surface area contributed by atoms with Gasteiger partial charge in [-0.25, -0.2) is 9.13 Å². The topological polar surface area (TPSA) is 237 Å². The van der Waals surface area contributed by atoms with Crippen molar-refractivity contribution in [3.05, 3.63) is 0 Å². The lowest BCUT2D eigenvalue weighted by atomic mass is 10.0. The number of aliphatic hydroxyl groups is 1. The number of ether oxygens (including phenoxy) is 4. The van der Waals surface area contributed by atoms with Crippen molar-refractivity contribution in [3.8, 4) is 0 Å². The quantitative estimate of drug-likeness (QED) is 0.0222. The van der Waals surface area contributed by atoms with Crippen LogP contribution in [-0.4, -0.2) is 96.7 Å². The molecule has 17 nitrogen and oxygen atoms in total. The zero-order chi connectivity index (χ0) is 66.8. The van der Waals surface area contributed by atoms with E-state index >= 15 is 0 Å². The van der Waals surface area contributed by atoms with Crippen LogP contribution in [0.3, 0.4) is 0 Å². The summed E-state index contributed by atoms with van der Waals surface area (Å²) < 4.78 is 68.3. The number of aliphatic hydroxyl groups excluding tert-OH is 1. The molecule has 3 N–H and O–H groups in total. The van der Waals surface area contributed by atoms with Gasteiger partial charge in [0.1, 0.15) is 19.3 Å². The van der Waals surface area contributed by atoms with E-state index in [-0.39, 0.29) is 25.7 Å². The molecule has 0 aromatic rings. The summed E-state index contributed by atoms with van der Waals surface area (Å²) in [6.07, 6.45) is 43.1. The molecule has 0 aromatic carbocycles. The normalized spacial score (nSPS) is 14.3. The molecule has 0 bridgehead atoms. The molecule has 0 aliphatic carbocycles. The second kappa shape index (κ2) is 60.7. The van der Waals surface area contributed by atoms with Gasteiger partial charge in [-0.3, -0.25) is 37.3 Å². The maximum absolute atomic E-state index is 13.0. The fraction of sp³-hybridized carbons (Fsp3) is 0.944. The molecule has 0 heterocycles. The SMILES string of the molecule is CC(C)CCCCCCCCCCCCCCCC(=O)O[C@H](COC(=O)CCCCCCCCCCC(C)C)COP(=O)(O)OCC(O)COP(=O)(O)OC[C@@H](COC(=O)CCCCCCCCCC(C)C)OC(=O)CCCCCCCCCCCCC(C)C. The van der Waals surface area contributed by atoms with Gasteiger partial charge in [0.2, 0.25) is 0 Å². The zero-order valence-electron chi connectivity index (χ0n) is 58.8. The number of phosphoric ester groups is 2. The van der Waals surface area contributed by atoms with Crippen LogP contribution in [0.5, 0.6) is 0 Å². The maximum Gasteiger partial charge on any atom is 0.472 e. The van der Waals surface area contributed by atoms with Gasteiger partial charge in [-0.15, -0.1) is 0 Å². The molecule has 534 valence electrons. The van der Waals surface area contributed by atoms with Crippen LogP contribution in [0.4, 0.5) is 0 Å². The summed E-state index contributed by atoms with van der Waals surface area (Å²) >= 11 is 0. The molecule has 0 radical (unpaired) electrons. The van der Waals surface area contributed by atoms with E-state index in [0.29, 0.717) is 31.6 Å². The molecular formula is C71H138O17P2. The Bertz CT molecular complexity index is 1780. The van der Waals surface area contributed by atoms with Gasteiger partial charge in [0.05, 0.1) is 26.4 Å². The maximum atomic E-state index is 13.0. The Morgan fingerprint density at radius 3 is 0.689 bits per heavy atom. The van der Waals surface area contributed by atoms with Crippen LogP contribution in [0.25, 0.3) is 0 Å². The second-order valence-corrected chi connectivity index (χ2v) is 30.4. The van der Waals surface area contributed by atoms with Crippen LogP contribution in [0.1, 0.15) is 351 Å². The Hall–Kier alpha value is -1.94. The van der Waals surface area contributed by atoms with Crippen LogP contribution < -0.4 is 0 Å². The summed E-state index contributed by atoms with van der Waals surface area (Å²) in [5, 5.41) is 10.6. The van der Waals surface area contributed by atoms with E-state index in [2.05, 4.69) is 55.4 Å². The van der Waals surface area contributed by atoms with Crippen molar-refractivity contribution in [3.63, 3.8) is 0 Å². The largest absolute Gasteiger partial charge is 0.472 e. The first-order valence-electron chi connectivity index (χ1n) is 36.7. The van der Waals surface area contributed by atoms with E-state index in [4.69, 9.17) is 37.0 Å². The summed E-state index contributed by atoms with van der Waals surface area (Å²) in [6, 6.07) is 0. The van der Waals surface area contributed by atoms with Crippen LogP contribution in [0.2, 0.25) is 0 Å². The van der Waals surface area contributed by atoms with Crippen molar-refractivity contribution < 1.29 is 80.2 Å². The number of hydrogen-bond donors (Lipinski definition) is 3. The van der Waals surface area contributed by atoms with Crippen molar-refractivity contribution >= 4 is 39.5 Å². The Kier molecular flexibility index (Phi) is 59.4. The van der Waals surface area contributed by atoms with Crippen LogP contribution in [0, 0.1) is 23.7 Å². The minimum Gasteiger partial charge on any atom is -0.462 e. The Morgan fingerprint density at radius 2 is 0.467 bits per heavy atom. The molecule has 0 amide bonds. The lowest BCUT2D eigenvalue weighted by molar-refractivity contribution is -0.161. The third kappa shape index (κ3) is 64.8. The monoisotopic (exact) mass is 1320 g/mol. The van der Waals surface area contributed by atoms with Gasteiger partial charge in [0, 0.05) is 25.7 Å². The molecule has 19 heteroatoms. The average molecular weight is 1330 g/mol. The predicted octanol–water partition coefficient (Wildman–Crippen LogP) is 20.1. The van der Waals surface area contributed by atoms with Gasteiger partial charge in [0.15, 0.2) is 12.2 Å². The van der Waals surface area contributed by atoms with E-state index in [9.17, 15) is 43.2 Å². The molecule has 0 aromatic heterocycles. The number of rotatable bonds is 68. The van der Waals surface area contributed by atoms with Crippen LogP contribution in [0.15, 0.2) is 0 Å². The second-order valence-electron chi connectivity index (χ2n) is 27.5. The molecule has 0 aliphatic rings. The van der Waals surface area contributed by atoms with Gasteiger partial charge in [-0.1, -0.05) is 299 Å². The van der Waals surface area contributed by atoms with Gasteiger partial charge < -0.3 is 33.8 Å². The number of carbonyl (C=O) groups is 4. The van der Waals surface area contributed by atoms with Crippen molar-refractivity contribution in [2.24, 2.45) is 23.7 Å². The predicted molar refractivity (Wildman–Crippen MR) is 363 cm³/mol. The van der Waals surface area contributed by atoms with Gasteiger partial charge in [-0.2, -0.15) is 0 Å². The molecule has 0 aliphatic heterocycles. The highest BCUT2D eigenvalue weighted by Gasteiger charge is 2.30. The number of hydrogen-bond acceptors (Lipinski definition) is 15. The van der Waals surface area contributed by atoms with Crippen LogP contribution >= 0.6 is 15.6 Å². The standard InChI is InChI=1S/C71H138O17P2/c1-61(2)47-39-31-23-16-12-10-9-11-13-18-28-37-45-53-70(75)87-66(57-81-68(73)51-43-35-27-21-20-25-33-41-49-63(5)6)59-85-89(77,78)83-55-65(72)56-84-90(79,80)86-60-67(58-82-69(74)52-44-36-30-22-26-34-42-50-64(7)8)88-71(76)54-46-38-29-19-15-14-17-24-32-40-48-62(3)4/h61-67,72H,9-60H2,1-8H3,(H,77,78)(H,79,80)/t65?,66-,67-/m1/s1. The van der Waals surface area contributed by atoms with Crippen LogP contribution in [-0.2, 0) is 65.4 Å². The molecule has 0 saturated carbocycles. The van der Waals surface area contributed by atoms with E-state index in [1.165, 1.54) is 148 Å². The Balaban J connectivity index is 5.25. The van der Waals surface area contributed by atoms with Gasteiger partial charge in [0.25, 0.3) is 0 Å². The smallest absolute Gasteiger partial charge is 0.462 e. The minimum atomic E-state index is -4.95. The van der Waals surface area contributed by atoms with Crippen molar-refractivity contribution in [1.29, 1.82) is 0 Å². The first-order chi connectivity index (χ1) is 43.1. The number of esters is 4. The lowest BCUT2D eigenvalue weighted by Gasteiger charge is -2.21. The van der Waals surface area contributed by atoms with Crippen molar-refractivity contribution in [2.45, 2.75) is 369 Å². The summed E-state index contributed by atoms with van der Waals surface area (Å²) in [4.78, 5) is 72.6. The van der Waals surface area contributed by atoms with E-state index in [1.807, 2.05) is 0 Å². The van der Waals surface area contributed by atoms with E-state index < -0.39 is 97.5 Å². The summed E-state index contributed by atoms with van der Waals surface area (Å²) in [6.45, 7) is 14.1. The number of unbranched alkanes of at least 4 members (excludes halogenated alkanes) is 34. The molecule has 0 fully saturated rings. The highest BCUT2D eigenvalue weighted by molar-refractivity contribution is 7.47. The molecule has 0 rings (SSSR count). The minimum absolute atomic E-state index is 0.105. The first-order valence-corrected chi connectivity index (χ1v) is 39.7. The fourth-order valence-electron chi connectivity index (χ4n) is 10.7. The van der Waals surface area contributed by atoms with Gasteiger partial charge in [-0.05, 0) is 49.4 Å². The zero-order valence-corrected chi connectivity index (χ0v) is 60.6. The summed E-state index contributed by atoms with van der Waals surface area (Å²) in [5.74, 6) is 0.841. The highest BCUT2D eigenvalue weighted by atomic mass is 31.2. The molecular weight excluding hydrogens is 1190 g/mol. The lowest BCUT2D eigenvalue weighted by Crippen LogP contribution is -2.30. The molecule has 5 atom stereocenters. The molecule has 0 spiro atoms. The first kappa shape index (κ1) is 88.1. The third-order valence-electron chi connectivity index (χ3n) is 16.3. The van der Waals surface area contributed by atoms with Crippen molar-refractivity contribution in [1.82, 2.24) is 0 Å². The average Bonchev–Trinajstić information content (AvgIpc) is 2.68. The Morgan fingerprint density at radius 1 is 0.278 bits per heavy atom. The van der Waals surface area contributed by atoms with E-state index in [1.54, 1.807) is 0 Å². The summed E-state index contributed by atoms with van der Waals surface area (Å²) in [7, 11) is -9.90. The fourth-order valence-corrected chi connectivity index (χ4v) is 12.2. The molecule has 0 saturated heterocycles. The molecule has 90 heavy (non-hydrogen) atoms. The third-order valence-corrected chi connectivity index (χ3v) is 18.2. The Labute approximate surface area is 549 Å². The van der Waals surface area contributed by atoms with E-state index in [0.717, 1.165) is 114 Å². The summed E-state index contributed by atoms with van der Waals surface area (Å²) in [5.41, 5.74) is 0. The molecule has 3 unspecified atom stereocenters.